The van der Waals surface area contributed by atoms with Gasteiger partial charge in [0.15, 0.2) is 0 Å². The van der Waals surface area contributed by atoms with Crippen molar-refractivity contribution >= 4 is 36.3 Å². The Labute approximate surface area is 197 Å². The fraction of sp³-hybridized carbons (Fsp3) is 0.652. The van der Waals surface area contributed by atoms with E-state index in [2.05, 4.69) is 42.4 Å². The second-order valence-electron chi connectivity index (χ2n) is 7.85. The molecule has 1 amide bonds. The molecule has 4 atom stereocenters. The Morgan fingerprint density at radius 2 is 1.87 bits per heavy atom. The summed E-state index contributed by atoms with van der Waals surface area (Å²) in [4.78, 5) is 24.7. The molecule has 31 heavy (non-hydrogen) atoms. The van der Waals surface area contributed by atoms with Crippen LogP contribution in [0.3, 0.4) is 0 Å². The molecule has 0 aliphatic rings. The molecule has 0 heterocycles. The highest BCUT2D eigenvalue weighted by Crippen LogP contribution is 2.10. The average molecular weight is 470 g/mol. The molecule has 4 N–H and O–H groups in total. The molecular weight excluding hydrogens is 430 g/mol. The van der Waals surface area contributed by atoms with E-state index in [1.807, 2.05) is 36.6 Å². The summed E-state index contributed by atoms with van der Waals surface area (Å²) in [6.07, 6.45) is 4.86. The summed E-state index contributed by atoms with van der Waals surface area (Å²) in [5.74, 6) is 0.696. The normalized spacial score (nSPS) is 15.1. The van der Waals surface area contributed by atoms with E-state index < -0.39 is 18.1 Å². The van der Waals surface area contributed by atoms with Crippen LogP contribution >= 0.6 is 24.4 Å². The predicted molar refractivity (Wildman–Crippen MR) is 134 cm³/mol. The first-order valence-corrected chi connectivity index (χ1v) is 13.1. The highest BCUT2D eigenvalue weighted by molar-refractivity contribution is 7.98. The van der Waals surface area contributed by atoms with Crippen LogP contribution in [0, 0.1) is 5.92 Å². The largest absolute Gasteiger partial charge is 0.480 e. The second-order valence-corrected chi connectivity index (χ2v) is 9.29. The number of carboxylic acid groups (broad SMARTS) is 1. The van der Waals surface area contributed by atoms with Gasteiger partial charge in [0.05, 0.1) is 6.04 Å². The van der Waals surface area contributed by atoms with Gasteiger partial charge in [0.25, 0.3) is 0 Å². The number of carboxylic acids is 1. The third kappa shape index (κ3) is 11.3. The van der Waals surface area contributed by atoms with Crippen LogP contribution < -0.4 is 16.0 Å². The first kappa shape index (κ1) is 27.8. The summed E-state index contributed by atoms with van der Waals surface area (Å²) < 4.78 is 0. The molecule has 1 rings (SSSR count). The SMILES string of the molecule is CC[C@H](C)[C@@H](CN[C@@H](Cc1ccccc1)C(=O)N[C@@H](CCSC)C(=O)O)NCCCS. The number of thioether (sulfide) groups is 1. The van der Waals surface area contributed by atoms with E-state index in [9.17, 15) is 14.7 Å². The predicted octanol–water partition coefficient (Wildman–Crippen LogP) is 2.83. The molecule has 0 radical (unpaired) electrons. The van der Waals surface area contributed by atoms with Gasteiger partial charge in [-0.1, -0.05) is 50.6 Å². The van der Waals surface area contributed by atoms with Crippen LogP contribution in [0.5, 0.6) is 0 Å². The molecule has 0 aromatic heterocycles. The number of nitrogens with one attached hydrogen (secondary N) is 3. The zero-order chi connectivity index (χ0) is 23.1. The molecule has 1 aromatic carbocycles. The van der Waals surface area contributed by atoms with Crippen molar-refractivity contribution < 1.29 is 14.7 Å². The van der Waals surface area contributed by atoms with Gasteiger partial charge in [0, 0.05) is 12.6 Å². The number of carbonyl (C=O) groups excluding carboxylic acids is 1. The Balaban J connectivity index is 2.88. The van der Waals surface area contributed by atoms with Crippen molar-refractivity contribution in [3.63, 3.8) is 0 Å². The summed E-state index contributed by atoms with van der Waals surface area (Å²) in [5.41, 5.74) is 1.04. The van der Waals surface area contributed by atoms with Crippen molar-refractivity contribution in [2.45, 2.75) is 57.7 Å². The molecular formula is C23H39N3O3S2. The van der Waals surface area contributed by atoms with Gasteiger partial charge < -0.3 is 21.1 Å². The minimum absolute atomic E-state index is 0.225. The molecule has 0 saturated carbocycles. The van der Waals surface area contributed by atoms with Gasteiger partial charge in [-0.3, -0.25) is 4.79 Å². The van der Waals surface area contributed by atoms with Crippen LogP contribution in [0.15, 0.2) is 30.3 Å². The highest BCUT2D eigenvalue weighted by atomic mass is 32.2. The number of thiol groups is 1. The zero-order valence-electron chi connectivity index (χ0n) is 19.0. The monoisotopic (exact) mass is 469 g/mol. The number of carbonyl (C=O) groups is 2. The van der Waals surface area contributed by atoms with Crippen LogP contribution in [-0.4, -0.2) is 66.0 Å². The lowest BCUT2D eigenvalue weighted by molar-refractivity contribution is -0.142. The number of amides is 1. The van der Waals surface area contributed by atoms with E-state index in [0.717, 1.165) is 30.7 Å². The third-order valence-corrected chi connectivity index (χ3v) is 6.44. The maximum absolute atomic E-state index is 13.1. The fourth-order valence-corrected chi connectivity index (χ4v) is 3.90. The van der Waals surface area contributed by atoms with Crippen LogP contribution in [0.4, 0.5) is 0 Å². The molecule has 8 heteroatoms. The van der Waals surface area contributed by atoms with Crippen LogP contribution in [0.2, 0.25) is 0 Å². The molecule has 6 nitrogen and oxygen atoms in total. The summed E-state index contributed by atoms with van der Waals surface area (Å²) in [5, 5.41) is 19.2. The molecule has 0 spiro atoms. The van der Waals surface area contributed by atoms with Crippen molar-refractivity contribution in [1.82, 2.24) is 16.0 Å². The Hall–Kier alpha value is -1.22. The lowest BCUT2D eigenvalue weighted by atomic mass is 9.97. The minimum atomic E-state index is -0.994. The van der Waals surface area contributed by atoms with E-state index in [-0.39, 0.29) is 11.9 Å². The van der Waals surface area contributed by atoms with Gasteiger partial charge >= 0.3 is 5.97 Å². The Morgan fingerprint density at radius 1 is 1.16 bits per heavy atom. The molecule has 0 unspecified atom stereocenters. The Bertz CT molecular complexity index is 634. The topological polar surface area (TPSA) is 90.5 Å². The van der Waals surface area contributed by atoms with Gasteiger partial charge in [-0.15, -0.1) is 0 Å². The quantitative estimate of drug-likeness (QED) is 0.178. The first-order valence-electron chi connectivity index (χ1n) is 11.1. The van der Waals surface area contributed by atoms with E-state index in [4.69, 9.17) is 0 Å². The smallest absolute Gasteiger partial charge is 0.326 e. The summed E-state index contributed by atoms with van der Waals surface area (Å²) in [6, 6.07) is 8.66. The lowest BCUT2D eigenvalue weighted by Gasteiger charge is -2.28. The van der Waals surface area contributed by atoms with Crippen molar-refractivity contribution in [2.24, 2.45) is 5.92 Å². The van der Waals surface area contributed by atoms with Gasteiger partial charge in [-0.25, -0.2) is 4.79 Å². The van der Waals surface area contributed by atoms with Gasteiger partial charge in [-0.2, -0.15) is 24.4 Å². The van der Waals surface area contributed by atoms with E-state index in [1.54, 1.807) is 11.8 Å². The molecule has 1 aromatic rings. The van der Waals surface area contributed by atoms with Crippen LogP contribution in [0.25, 0.3) is 0 Å². The molecule has 0 saturated heterocycles. The molecule has 0 aliphatic carbocycles. The number of hydrogen-bond acceptors (Lipinski definition) is 6. The molecule has 176 valence electrons. The number of hydrogen-bond donors (Lipinski definition) is 5. The standard InChI is InChI=1S/C23H39N3O3S2/c1-4-17(2)21(24-12-8-13-30)16-25-20(15-18-9-6-5-7-10-18)22(27)26-19(23(28)29)11-14-31-3/h5-7,9-10,17,19-21,24-25,30H,4,8,11-16H2,1-3H3,(H,26,27)(H,28,29)/t17-,19-,20-,21+/m0/s1. The number of rotatable bonds is 17. The molecule has 0 bridgehead atoms. The second kappa shape index (κ2) is 16.4. The number of benzene rings is 1. The van der Waals surface area contributed by atoms with Crippen molar-refractivity contribution in [3.8, 4) is 0 Å². The first-order chi connectivity index (χ1) is 14.9. The minimum Gasteiger partial charge on any atom is -0.480 e. The highest BCUT2D eigenvalue weighted by Gasteiger charge is 2.26. The van der Waals surface area contributed by atoms with E-state index in [0.29, 0.717) is 31.1 Å². The van der Waals surface area contributed by atoms with Crippen LogP contribution in [-0.2, 0) is 16.0 Å². The lowest BCUT2D eigenvalue weighted by Crippen LogP contribution is -2.54. The maximum Gasteiger partial charge on any atom is 0.326 e. The molecule has 0 fully saturated rings. The van der Waals surface area contributed by atoms with E-state index in [1.165, 1.54) is 0 Å². The average Bonchev–Trinajstić information content (AvgIpc) is 2.77. The van der Waals surface area contributed by atoms with Crippen LogP contribution in [0.1, 0.15) is 38.7 Å². The fourth-order valence-electron chi connectivity index (χ4n) is 3.27. The van der Waals surface area contributed by atoms with Gasteiger partial charge in [0.2, 0.25) is 5.91 Å². The van der Waals surface area contributed by atoms with Gasteiger partial charge in [-0.05, 0) is 55.1 Å². The third-order valence-electron chi connectivity index (χ3n) is 5.48. The van der Waals surface area contributed by atoms with Crippen molar-refractivity contribution in [1.29, 1.82) is 0 Å². The Kier molecular flexibility index (Phi) is 14.7. The van der Waals surface area contributed by atoms with Crippen molar-refractivity contribution in [3.05, 3.63) is 35.9 Å². The Morgan fingerprint density at radius 3 is 2.45 bits per heavy atom. The number of aliphatic carboxylic acids is 1. The summed E-state index contributed by atoms with van der Waals surface area (Å²) in [7, 11) is 0. The summed E-state index contributed by atoms with van der Waals surface area (Å²) in [6.45, 7) is 5.88. The van der Waals surface area contributed by atoms with E-state index >= 15 is 0 Å². The molecule has 0 aliphatic heterocycles. The van der Waals surface area contributed by atoms with Crippen molar-refractivity contribution in [2.75, 3.05) is 30.9 Å². The van der Waals surface area contributed by atoms with Gasteiger partial charge in [0.1, 0.15) is 6.04 Å². The summed E-state index contributed by atoms with van der Waals surface area (Å²) >= 11 is 5.85. The maximum atomic E-state index is 13.1. The zero-order valence-corrected chi connectivity index (χ0v) is 20.7.